The number of aromatic hydroxyl groups is 3. The van der Waals surface area contributed by atoms with Crippen molar-refractivity contribution in [3.8, 4) is 17.2 Å². The lowest BCUT2D eigenvalue weighted by Crippen LogP contribution is -2.03. The number of carbonyl (C=O) groups excluding carboxylic acids is 2. The minimum atomic E-state index is 0.0224. The molecule has 5 heteroatoms. The van der Waals surface area contributed by atoms with Crippen molar-refractivity contribution in [2.75, 3.05) is 0 Å². The van der Waals surface area contributed by atoms with Gasteiger partial charge in [-0.2, -0.15) is 0 Å². The van der Waals surface area contributed by atoms with Gasteiger partial charge in [0.2, 0.25) is 0 Å². The lowest BCUT2D eigenvalue weighted by Gasteiger charge is -2.18. The zero-order valence-corrected chi connectivity index (χ0v) is 17.8. The van der Waals surface area contributed by atoms with Gasteiger partial charge < -0.3 is 15.3 Å². The fourth-order valence-corrected chi connectivity index (χ4v) is 4.67. The van der Waals surface area contributed by atoms with Crippen molar-refractivity contribution in [1.29, 1.82) is 0 Å². The SMILES string of the molecule is O=Cc1cc(O)ccc1Cc1cc(C2CCCC2)cc(Cc2ccc(O)cc2C=O)c1O. The molecule has 3 N–H and O–H groups in total. The first-order valence-electron chi connectivity index (χ1n) is 10.9. The number of benzene rings is 3. The third-order valence-corrected chi connectivity index (χ3v) is 6.39. The molecule has 0 aliphatic heterocycles. The Kier molecular flexibility index (Phi) is 6.26. The summed E-state index contributed by atoms with van der Waals surface area (Å²) in [5.41, 5.74) is 4.80. The van der Waals surface area contributed by atoms with Gasteiger partial charge in [-0.05, 0) is 70.8 Å². The average Bonchev–Trinajstić information content (AvgIpc) is 3.33. The Hall–Kier alpha value is -3.60. The number of phenols is 3. The molecule has 4 rings (SSSR count). The lowest BCUT2D eigenvalue weighted by molar-refractivity contribution is 0.111. The van der Waals surface area contributed by atoms with Crippen molar-refractivity contribution in [3.05, 3.63) is 87.5 Å². The second kappa shape index (κ2) is 9.27. The van der Waals surface area contributed by atoms with Gasteiger partial charge in [0, 0.05) is 24.0 Å². The zero-order chi connectivity index (χ0) is 22.7. The van der Waals surface area contributed by atoms with Crippen LogP contribution in [-0.4, -0.2) is 27.9 Å². The molecule has 164 valence electrons. The summed E-state index contributed by atoms with van der Waals surface area (Å²) in [5, 5.41) is 30.5. The molecular formula is C27H26O5. The molecule has 0 heterocycles. The summed E-state index contributed by atoms with van der Waals surface area (Å²) >= 11 is 0. The summed E-state index contributed by atoms with van der Waals surface area (Å²) in [4.78, 5) is 23.0. The van der Waals surface area contributed by atoms with Crippen LogP contribution >= 0.6 is 0 Å². The third-order valence-electron chi connectivity index (χ3n) is 6.39. The molecule has 0 aromatic heterocycles. The number of hydrogen-bond donors (Lipinski definition) is 3. The van der Waals surface area contributed by atoms with E-state index in [4.69, 9.17) is 0 Å². The molecule has 1 aliphatic rings. The summed E-state index contributed by atoms with van der Waals surface area (Å²) < 4.78 is 0. The summed E-state index contributed by atoms with van der Waals surface area (Å²) in [5.74, 6) is 0.605. The highest BCUT2D eigenvalue weighted by Crippen LogP contribution is 2.39. The zero-order valence-electron chi connectivity index (χ0n) is 17.8. The predicted molar refractivity (Wildman–Crippen MR) is 122 cm³/mol. The summed E-state index contributed by atoms with van der Waals surface area (Å²) in [7, 11) is 0. The fraction of sp³-hybridized carbons (Fsp3) is 0.259. The van der Waals surface area contributed by atoms with Crippen molar-refractivity contribution in [2.45, 2.75) is 44.4 Å². The predicted octanol–water partition coefficient (Wildman–Crippen LogP) is 5.27. The number of hydrogen-bond acceptors (Lipinski definition) is 5. The molecule has 1 saturated carbocycles. The molecule has 3 aromatic carbocycles. The molecule has 3 aromatic rings. The summed E-state index contributed by atoms with van der Waals surface area (Å²) in [6.45, 7) is 0. The first kappa shape index (κ1) is 21.6. The molecule has 1 fully saturated rings. The maximum absolute atomic E-state index is 11.5. The van der Waals surface area contributed by atoms with E-state index in [2.05, 4.69) is 0 Å². The van der Waals surface area contributed by atoms with Crippen LogP contribution in [-0.2, 0) is 12.8 Å². The van der Waals surface area contributed by atoms with Gasteiger partial charge >= 0.3 is 0 Å². The standard InChI is InChI=1S/C27H26O5/c28-15-23-13-25(30)7-5-18(23)9-21-11-20(17-3-1-2-4-17)12-22(27(21)32)10-19-6-8-26(31)14-24(19)16-29/h5-8,11-17,30-32H,1-4,9-10H2. The smallest absolute Gasteiger partial charge is 0.150 e. The normalized spacial score (nSPS) is 13.9. The highest BCUT2D eigenvalue weighted by atomic mass is 16.3. The Morgan fingerprint density at radius 1 is 0.688 bits per heavy atom. The molecule has 0 radical (unpaired) electrons. The monoisotopic (exact) mass is 430 g/mol. The van der Waals surface area contributed by atoms with E-state index >= 15 is 0 Å². The highest BCUT2D eigenvalue weighted by Gasteiger charge is 2.21. The van der Waals surface area contributed by atoms with Gasteiger partial charge in [0.25, 0.3) is 0 Å². The molecule has 0 saturated heterocycles. The first-order valence-corrected chi connectivity index (χ1v) is 10.9. The van der Waals surface area contributed by atoms with Crippen molar-refractivity contribution < 1.29 is 24.9 Å². The molecule has 1 aliphatic carbocycles. The Bertz CT molecular complexity index is 1080. The van der Waals surface area contributed by atoms with Gasteiger partial charge in [-0.3, -0.25) is 9.59 Å². The lowest BCUT2D eigenvalue weighted by atomic mass is 9.88. The minimum Gasteiger partial charge on any atom is -0.508 e. The van der Waals surface area contributed by atoms with Crippen LogP contribution in [0.15, 0.2) is 48.5 Å². The van der Waals surface area contributed by atoms with Crippen LogP contribution in [0.2, 0.25) is 0 Å². The molecular weight excluding hydrogens is 404 g/mol. The van der Waals surface area contributed by atoms with Crippen molar-refractivity contribution in [3.63, 3.8) is 0 Å². The topological polar surface area (TPSA) is 94.8 Å². The number of carbonyl (C=O) groups is 2. The molecule has 0 unspecified atom stereocenters. The van der Waals surface area contributed by atoms with Crippen LogP contribution in [0, 0.1) is 0 Å². The number of rotatable bonds is 7. The van der Waals surface area contributed by atoms with E-state index in [1.807, 2.05) is 12.1 Å². The highest BCUT2D eigenvalue weighted by molar-refractivity contribution is 5.79. The minimum absolute atomic E-state index is 0.0224. The van der Waals surface area contributed by atoms with Crippen molar-refractivity contribution in [2.24, 2.45) is 0 Å². The summed E-state index contributed by atoms with van der Waals surface area (Å²) in [6.07, 6.45) is 6.67. The molecule has 32 heavy (non-hydrogen) atoms. The van der Waals surface area contributed by atoms with Crippen LogP contribution in [0.4, 0.5) is 0 Å². The quantitative estimate of drug-likeness (QED) is 0.444. The molecule has 0 amide bonds. The van der Waals surface area contributed by atoms with Gasteiger partial charge in [-0.1, -0.05) is 37.1 Å². The maximum Gasteiger partial charge on any atom is 0.150 e. The summed E-state index contributed by atoms with van der Waals surface area (Å²) in [6, 6.07) is 13.4. The van der Waals surface area contributed by atoms with Crippen LogP contribution < -0.4 is 0 Å². The van der Waals surface area contributed by atoms with E-state index in [9.17, 15) is 24.9 Å². The van der Waals surface area contributed by atoms with E-state index in [0.717, 1.165) is 29.5 Å². The van der Waals surface area contributed by atoms with Crippen LogP contribution in [0.5, 0.6) is 17.2 Å². The Balaban J connectivity index is 1.77. The van der Waals surface area contributed by atoms with Gasteiger partial charge in [0.1, 0.15) is 29.8 Å². The van der Waals surface area contributed by atoms with Gasteiger partial charge in [0.15, 0.2) is 0 Å². The fourth-order valence-electron chi connectivity index (χ4n) is 4.67. The molecule has 5 nitrogen and oxygen atoms in total. The van der Waals surface area contributed by atoms with E-state index < -0.39 is 0 Å². The van der Waals surface area contributed by atoms with Gasteiger partial charge in [-0.25, -0.2) is 0 Å². The molecule has 0 bridgehead atoms. The van der Waals surface area contributed by atoms with E-state index in [0.29, 0.717) is 53.6 Å². The number of phenolic OH excluding ortho intramolecular Hbond substituents is 3. The van der Waals surface area contributed by atoms with Crippen LogP contribution in [0.1, 0.15) is 80.1 Å². The largest absolute Gasteiger partial charge is 0.508 e. The van der Waals surface area contributed by atoms with E-state index in [-0.39, 0.29) is 17.2 Å². The van der Waals surface area contributed by atoms with Crippen molar-refractivity contribution in [1.82, 2.24) is 0 Å². The van der Waals surface area contributed by atoms with E-state index in [1.54, 1.807) is 12.1 Å². The van der Waals surface area contributed by atoms with Gasteiger partial charge in [0.05, 0.1) is 0 Å². The third kappa shape index (κ3) is 4.52. The Morgan fingerprint density at radius 3 is 1.59 bits per heavy atom. The van der Waals surface area contributed by atoms with Crippen LogP contribution in [0.3, 0.4) is 0 Å². The second-order valence-corrected chi connectivity index (χ2v) is 8.52. The number of aldehydes is 2. The molecule has 0 atom stereocenters. The maximum atomic E-state index is 11.5. The second-order valence-electron chi connectivity index (χ2n) is 8.52. The first-order chi connectivity index (χ1) is 15.5. The van der Waals surface area contributed by atoms with E-state index in [1.165, 1.54) is 37.1 Å². The average molecular weight is 431 g/mol. The van der Waals surface area contributed by atoms with Crippen molar-refractivity contribution >= 4 is 12.6 Å². The van der Waals surface area contributed by atoms with Crippen LogP contribution in [0.25, 0.3) is 0 Å². The molecule has 0 spiro atoms. The Morgan fingerprint density at radius 2 is 1.16 bits per heavy atom. The van der Waals surface area contributed by atoms with Gasteiger partial charge in [-0.15, -0.1) is 0 Å². The Labute approximate surface area is 187 Å².